The number of carbonyl (C=O) groups is 1. The molecule has 0 fully saturated rings. The molecular formula is C18H17N3O. The Balaban J connectivity index is 1.90. The van der Waals surface area contributed by atoms with Crippen molar-refractivity contribution in [3.63, 3.8) is 0 Å². The Kier molecular flexibility index (Phi) is 3.59. The van der Waals surface area contributed by atoms with Gasteiger partial charge in [-0.25, -0.2) is 9.97 Å². The summed E-state index contributed by atoms with van der Waals surface area (Å²) < 4.78 is 0. The zero-order valence-corrected chi connectivity index (χ0v) is 12.8. The number of carbonyl (C=O) groups excluding carboxylic acids is 1. The highest BCUT2D eigenvalue weighted by Gasteiger charge is 2.08. The molecule has 0 saturated heterocycles. The molecule has 4 nitrogen and oxygen atoms in total. The smallest absolute Gasteiger partial charge is 0.255 e. The molecule has 0 atom stereocenters. The topological polar surface area (TPSA) is 54.9 Å². The van der Waals surface area contributed by atoms with Crippen LogP contribution >= 0.6 is 0 Å². The zero-order valence-electron chi connectivity index (χ0n) is 12.8. The Labute approximate surface area is 129 Å². The van der Waals surface area contributed by atoms with Crippen molar-refractivity contribution in [3.8, 4) is 0 Å². The van der Waals surface area contributed by atoms with Crippen LogP contribution in [0.2, 0.25) is 0 Å². The molecule has 3 aromatic rings. The van der Waals surface area contributed by atoms with Gasteiger partial charge < -0.3 is 5.32 Å². The van der Waals surface area contributed by atoms with Gasteiger partial charge in [-0.3, -0.25) is 4.79 Å². The third-order valence-electron chi connectivity index (χ3n) is 3.61. The molecule has 0 saturated carbocycles. The molecule has 3 rings (SSSR count). The molecule has 0 aliphatic rings. The molecule has 2 aromatic carbocycles. The van der Waals surface area contributed by atoms with E-state index in [9.17, 15) is 4.79 Å². The third-order valence-corrected chi connectivity index (χ3v) is 3.61. The summed E-state index contributed by atoms with van der Waals surface area (Å²) in [5, 5.41) is 2.90. The van der Waals surface area contributed by atoms with Crippen molar-refractivity contribution in [2.24, 2.45) is 0 Å². The van der Waals surface area contributed by atoms with Gasteiger partial charge in [0.1, 0.15) is 0 Å². The Hall–Kier alpha value is -2.75. The lowest BCUT2D eigenvalue weighted by atomic mass is 10.1. The van der Waals surface area contributed by atoms with Crippen LogP contribution in [0.15, 0.2) is 42.5 Å². The number of aromatic nitrogens is 2. The summed E-state index contributed by atoms with van der Waals surface area (Å²) >= 11 is 0. The van der Waals surface area contributed by atoms with E-state index in [4.69, 9.17) is 0 Å². The van der Waals surface area contributed by atoms with Gasteiger partial charge in [0.15, 0.2) is 0 Å². The van der Waals surface area contributed by atoms with Gasteiger partial charge in [0.2, 0.25) is 0 Å². The maximum atomic E-state index is 12.3. The first-order chi connectivity index (χ1) is 10.5. The first-order valence-electron chi connectivity index (χ1n) is 7.16. The van der Waals surface area contributed by atoms with Crippen LogP contribution in [0.25, 0.3) is 11.0 Å². The second-order valence-corrected chi connectivity index (χ2v) is 5.42. The van der Waals surface area contributed by atoms with Crippen LogP contribution in [0.1, 0.15) is 27.3 Å². The lowest BCUT2D eigenvalue weighted by molar-refractivity contribution is 0.102. The average Bonchev–Trinajstić information content (AvgIpc) is 2.49. The molecule has 110 valence electrons. The van der Waals surface area contributed by atoms with Crippen LogP contribution < -0.4 is 5.32 Å². The summed E-state index contributed by atoms with van der Waals surface area (Å²) in [7, 11) is 0. The minimum atomic E-state index is -0.125. The number of aryl methyl sites for hydroxylation is 3. The molecule has 0 unspecified atom stereocenters. The number of benzene rings is 2. The van der Waals surface area contributed by atoms with Crippen molar-refractivity contribution >= 4 is 22.6 Å². The van der Waals surface area contributed by atoms with E-state index in [1.165, 1.54) is 0 Å². The second-order valence-electron chi connectivity index (χ2n) is 5.42. The van der Waals surface area contributed by atoms with Crippen molar-refractivity contribution in [2.75, 3.05) is 5.32 Å². The molecule has 22 heavy (non-hydrogen) atoms. The molecule has 0 bridgehead atoms. The number of anilines is 1. The second kappa shape index (κ2) is 5.56. The molecule has 1 heterocycles. The van der Waals surface area contributed by atoms with E-state index >= 15 is 0 Å². The Morgan fingerprint density at radius 3 is 2.36 bits per heavy atom. The maximum Gasteiger partial charge on any atom is 0.255 e. The molecule has 0 spiro atoms. The Bertz CT molecular complexity index is 871. The minimum Gasteiger partial charge on any atom is -0.322 e. The van der Waals surface area contributed by atoms with Crippen molar-refractivity contribution in [1.82, 2.24) is 9.97 Å². The van der Waals surface area contributed by atoms with Crippen LogP contribution in [0.3, 0.4) is 0 Å². The monoisotopic (exact) mass is 291 g/mol. The summed E-state index contributed by atoms with van der Waals surface area (Å²) in [5.74, 6) is -0.125. The van der Waals surface area contributed by atoms with Crippen LogP contribution in [-0.4, -0.2) is 15.9 Å². The van der Waals surface area contributed by atoms with E-state index in [1.807, 2.05) is 57.2 Å². The average molecular weight is 291 g/mol. The fourth-order valence-corrected chi connectivity index (χ4v) is 2.30. The van der Waals surface area contributed by atoms with Gasteiger partial charge in [-0.05, 0) is 51.1 Å². The largest absolute Gasteiger partial charge is 0.322 e. The van der Waals surface area contributed by atoms with E-state index in [1.54, 1.807) is 6.07 Å². The summed E-state index contributed by atoms with van der Waals surface area (Å²) in [6.45, 7) is 5.84. The normalized spacial score (nSPS) is 10.7. The minimum absolute atomic E-state index is 0.125. The fourth-order valence-electron chi connectivity index (χ4n) is 2.30. The lowest BCUT2D eigenvalue weighted by Crippen LogP contribution is -2.12. The van der Waals surface area contributed by atoms with Gasteiger partial charge in [0, 0.05) is 11.3 Å². The maximum absolute atomic E-state index is 12.3. The van der Waals surface area contributed by atoms with E-state index in [2.05, 4.69) is 15.3 Å². The first-order valence-corrected chi connectivity index (χ1v) is 7.16. The predicted molar refractivity (Wildman–Crippen MR) is 88.1 cm³/mol. The van der Waals surface area contributed by atoms with Crippen LogP contribution in [0.5, 0.6) is 0 Å². The Morgan fingerprint density at radius 2 is 1.64 bits per heavy atom. The quantitative estimate of drug-likeness (QED) is 0.781. The van der Waals surface area contributed by atoms with Gasteiger partial charge in [0.05, 0.1) is 22.4 Å². The van der Waals surface area contributed by atoms with Crippen molar-refractivity contribution in [2.45, 2.75) is 20.8 Å². The van der Waals surface area contributed by atoms with Crippen molar-refractivity contribution in [3.05, 3.63) is 65.0 Å². The summed E-state index contributed by atoms with van der Waals surface area (Å²) in [4.78, 5) is 21.3. The molecule has 4 heteroatoms. The third kappa shape index (κ3) is 2.81. The highest BCUT2D eigenvalue weighted by atomic mass is 16.1. The number of fused-ring (bicyclic) bond motifs is 1. The predicted octanol–water partition coefficient (Wildman–Crippen LogP) is 3.81. The first kappa shape index (κ1) is 14.2. The van der Waals surface area contributed by atoms with E-state index in [-0.39, 0.29) is 5.91 Å². The van der Waals surface area contributed by atoms with Gasteiger partial charge in [0.25, 0.3) is 5.91 Å². The number of nitrogens with one attached hydrogen (secondary N) is 1. The Morgan fingerprint density at radius 1 is 0.909 bits per heavy atom. The zero-order chi connectivity index (χ0) is 15.7. The molecular weight excluding hydrogens is 274 g/mol. The number of rotatable bonds is 2. The van der Waals surface area contributed by atoms with Gasteiger partial charge >= 0.3 is 0 Å². The SMILES string of the molecule is Cc1cccc(C(=O)Nc2ccc3nc(C)c(C)nc3c2)c1. The van der Waals surface area contributed by atoms with E-state index in [0.29, 0.717) is 5.56 Å². The number of hydrogen-bond acceptors (Lipinski definition) is 3. The molecule has 0 aliphatic carbocycles. The van der Waals surface area contributed by atoms with Crippen LogP contribution in [-0.2, 0) is 0 Å². The van der Waals surface area contributed by atoms with E-state index in [0.717, 1.165) is 33.7 Å². The van der Waals surface area contributed by atoms with Gasteiger partial charge in [-0.2, -0.15) is 0 Å². The van der Waals surface area contributed by atoms with Crippen LogP contribution in [0, 0.1) is 20.8 Å². The summed E-state index contributed by atoms with van der Waals surface area (Å²) in [6, 6.07) is 13.1. The highest BCUT2D eigenvalue weighted by molar-refractivity contribution is 6.05. The fraction of sp³-hybridized carbons (Fsp3) is 0.167. The molecule has 0 aliphatic heterocycles. The summed E-state index contributed by atoms with van der Waals surface area (Å²) in [6.07, 6.45) is 0. The van der Waals surface area contributed by atoms with Gasteiger partial charge in [-0.1, -0.05) is 17.7 Å². The number of nitrogens with zero attached hydrogens (tertiary/aromatic N) is 2. The number of hydrogen-bond donors (Lipinski definition) is 1. The van der Waals surface area contributed by atoms with Crippen LogP contribution in [0.4, 0.5) is 5.69 Å². The van der Waals surface area contributed by atoms with Crippen molar-refractivity contribution < 1.29 is 4.79 Å². The lowest BCUT2D eigenvalue weighted by Gasteiger charge is -2.08. The molecule has 0 radical (unpaired) electrons. The molecule has 1 aromatic heterocycles. The molecule has 1 N–H and O–H groups in total. The van der Waals surface area contributed by atoms with Gasteiger partial charge in [-0.15, -0.1) is 0 Å². The molecule has 1 amide bonds. The summed E-state index contributed by atoms with van der Waals surface area (Å²) in [5.41, 5.74) is 5.85. The van der Waals surface area contributed by atoms with Crippen molar-refractivity contribution in [1.29, 1.82) is 0 Å². The van der Waals surface area contributed by atoms with E-state index < -0.39 is 0 Å². The number of amides is 1. The highest BCUT2D eigenvalue weighted by Crippen LogP contribution is 2.18. The standard InChI is InChI=1S/C18H17N3O/c1-11-5-4-6-14(9-11)18(22)21-15-7-8-16-17(10-15)20-13(3)12(2)19-16/h4-10H,1-3H3,(H,21,22).